The standard InChI is InChI=1S/C18H19F2NO/c1-2-3-10-22-15-8-6-13(7-9-15)4-5-14-11-16(19)18(21)17(20)12-14/h4-9,11-12H,2-3,10,21H2,1H3/b5-4+. The van der Waals surface area contributed by atoms with Crippen LogP contribution in [0.3, 0.4) is 0 Å². The van der Waals surface area contributed by atoms with E-state index in [9.17, 15) is 8.78 Å². The Morgan fingerprint density at radius 1 is 1.00 bits per heavy atom. The lowest BCUT2D eigenvalue weighted by Gasteiger charge is -2.05. The number of ether oxygens (including phenoxy) is 1. The number of nitrogens with two attached hydrogens (primary N) is 1. The number of rotatable bonds is 6. The zero-order chi connectivity index (χ0) is 15.9. The van der Waals surface area contributed by atoms with Crippen LogP contribution in [0.1, 0.15) is 30.9 Å². The molecule has 4 heteroatoms. The van der Waals surface area contributed by atoms with E-state index < -0.39 is 17.3 Å². The quantitative estimate of drug-likeness (QED) is 0.468. The minimum Gasteiger partial charge on any atom is -0.494 e. The van der Waals surface area contributed by atoms with Gasteiger partial charge in [-0.15, -0.1) is 0 Å². The second kappa shape index (κ2) is 7.59. The second-order valence-electron chi connectivity index (χ2n) is 5.00. The van der Waals surface area contributed by atoms with Crippen molar-refractivity contribution in [3.05, 3.63) is 59.2 Å². The zero-order valence-electron chi connectivity index (χ0n) is 12.5. The Morgan fingerprint density at radius 2 is 1.59 bits per heavy atom. The summed E-state index contributed by atoms with van der Waals surface area (Å²) in [6, 6.07) is 9.94. The average Bonchev–Trinajstić information content (AvgIpc) is 2.52. The molecule has 116 valence electrons. The Bertz CT molecular complexity index is 628. The number of anilines is 1. The molecule has 2 aromatic rings. The summed E-state index contributed by atoms with van der Waals surface area (Å²) < 4.78 is 32.3. The molecule has 2 aromatic carbocycles. The normalized spacial score (nSPS) is 11.0. The van der Waals surface area contributed by atoms with Gasteiger partial charge in [0.1, 0.15) is 23.1 Å². The topological polar surface area (TPSA) is 35.2 Å². The van der Waals surface area contributed by atoms with Gasteiger partial charge < -0.3 is 10.5 Å². The Balaban J connectivity index is 2.04. The fourth-order valence-corrected chi connectivity index (χ4v) is 1.90. The summed E-state index contributed by atoms with van der Waals surface area (Å²) in [7, 11) is 0. The summed E-state index contributed by atoms with van der Waals surface area (Å²) in [5.41, 5.74) is 6.12. The number of hydrogen-bond acceptors (Lipinski definition) is 2. The first kappa shape index (κ1) is 16.0. The molecule has 2 nitrogen and oxygen atoms in total. The predicted octanol–water partition coefficient (Wildman–Crippen LogP) is 4.90. The monoisotopic (exact) mass is 303 g/mol. The molecule has 0 fully saturated rings. The summed E-state index contributed by atoms with van der Waals surface area (Å²) in [5.74, 6) is -0.686. The van der Waals surface area contributed by atoms with Crippen molar-refractivity contribution in [2.45, 2.75) is 19.8 Å². The number of unbranched alkanes of at least 4 members (excludes halogenated alkanes) is 1. The number of benzene rings is 2. The van der Waals surface area contributed by atoms with Crippen LogP contribution in [0.25, 0.3) is 12.2 Å². The molecule has 2 rings (SSSR count). The van der Waals surface area contributed by atoms with Gasteiger partial charge in [-0.1, -0.05) is 37.6 Å². The molecule has 0 unspecified atom stereocenters. The van der Waals surface area contributed by atoms with Crippen LogP contribution in [-0.4, -0.2) is 6.61 Å². The first-order valence-electron chi connectivity index (χ1n) is 7.25. The molecule has 2 N–H and O–H groups in total. The summed E-state index contributed by atoms with van der Waals surface area (Å²) in [6.07, 6.45) is 5.53. The molecule has 0 saturated carbocycles. The molecule has 0 aliphatic heterocycles. The molecule has 0 radical (unpaired) electrons. The molecule has 0 heterocycles. The van der Waals surface area contributed by atoms with Gasteiger partial charge in [0, 0.05) is 0 Å². The van der Waals surface area contributed by atoms with Crippen molar-refractivity contribution >= 4 is 17.8 Å². The summed E-state index contributed by atoms with van der Waals surface area (Å²) >= 11 is 0. The fourth-order valence-electron chi connectivity index (χ4n) is 1.90. The van der Waals surface area contributed by atoms with Crippen molar-refractivity contribution in [3.8, 4) is 5.75 Å². The van der Waals surface area contributed by atoms with Crippen LogP contribution in [-0.2, 0) is 0 Å². The zero-order valence-corrected chi connectivity index (χ0v) is 12.5. The first-order chi connectivity index (χ1) is 10.6. The predicted molar refractivity (Wildman–Crippen MR) is 86.5 cm³/mol. The van der Waals surface area contributed by atoms with Crippen LogP contribution < -0.4 is 10.5 Å². The van der Waals surface area contributed by atoms with Gasteiger partial charge >= 0.3 is 0 Å². The van der Waals surface area contributed by atoms with E-state index in [1.165, 1.54) is 12.1 Å². The number of nitrogen functional groups attached to an aromatic ring is 1. The van der Waals surface area contributed by atoms with Crippen molar-refractivity contribution in [1.29, 1.82) is 0 Å². The van der Waals surface area contributed by atoms with Crippen LogP contribution >= 0.6 is 0 Å². The van der Waals surface area contributed by atoms with Crippen molar-refractivity contribution in [2.75, 3.05) is 12.3 Å². The molecular weight excluding hydrogens is 284 g/mol. The van der Waals surface area contributed by atoms with Gasteiger partial charge in [-0.3, -0.25) is 0 Å². The third-order valence-electron chi connectivity index (χ3n) is 3.22. The Hall–Kier alpha value is -2.36. The molecule has 0 atom stereocenters. The van der Waals surface area contributed by atoms with E-state index in [1.807, 2.05) is 24.3 Å². The minimum absolute atomic E-state index is 0.424. The van der Waals surface area contributed by atoms with Crippen LogP contribution in [0.2, 0.25) is 0 Å². The summed E-state index contributed by atoms with van der Waals surface area (Å²) in [5, 5.41) is 0. The van der Waals surface area contributed by atoms with E-state index >= 15 is 0 Å². The number of halogens is 2. The Kier molecular flexibility index (Phi) is 5.53. The van der Waals surface area contributed by atoms with Crippen LogP contribution in [0, 0.1) is 11.6 Å². The third kappa shape index (κ3) is 4.32. The first-order valence-corrected chi connectivity index (χ1v) is 7.25. The smallest absolute Gasteiger partial charge is 0.149 e. The van der Waals surface area contributed by atoms with Gasteiger partial charge in [0.2, 0.25) is 0 Å². The van der Waals surface area contributed by atoms with Gasteiger partial charge in [-0.25, -0.2) is 8.78 Å². The van der Waals surface area contributed by atoms with Gasteiger partial charge in [0.05, 0.1) is 6.61 Å². The highest BCUT2D eigenvalue weighted by molar-refractivity contribution is 5.70. The lowest BCUT2D eigenvalue weighted by atomic mass is 10.1. The largest absolute Gasteiger partial charge is 0.494 e. The Morgan fingerprint density at radius 3 is 2.18 bits per heavy atom. The minimum atomic E-state index is -0.751. The molecule has 0 bridgehead atoms. The van der Waals surface area contributed by atoms with E-state index in [1.54, 1.807) is 12.2 Å². The average molecular weight is 303 g/mol. The highest BCUT2D eigenvalue weighted by atomic mass is 19.1. The molecule has 0 aliphatic carbocycles. The van der Waals surface area contributed by atoms with E-state index in [2.05, 4.69) is 6.92 Å². The summed E-state index contributed by atoms with van der Waals surface area (Å²) in [6.45, 7) is 2.82. The van der Waals surface area contributed by atoms with E-state index in [0.717, 1.165) is 24.2 Å². The van der Waals surface area contributed by atoms with Crippen LogP contribution in [0.5, 0.6) is 5.75 Å². The van der Waals surface area contributed by atoms with E-state index in [0.29, 0.717) is 12.2 Å². The van der Waals surface area contributed by atoms with Gasteiger partial charge in [0.25, 0.3) is 0 Å². The molecule has 0 aliphatic rings. The third-order valence-corrected chi connectivity index (χ3v) is 3.22. The van der Waals surface area contributed by atoms with Crippen molar-refractivity contribution < 1.29 is 13.5 Å². The molecule has 0 aromatic heterocycles. The molecular formula is C18H19F2NO. The number of hydrogen-bond donors (Lipinski definition) is 1. The second-order valence-corrected chi connectivity index (χ2v) is 5.00. The van der Waals surface area contributed by atoms with Crippen LogP contribution in [0.15, 0.2) is 36.4 Å². The summed E-state index contributed by atoms with van der Waals surface area (Å²) in [4.78, 5) is 0. The van der Waals surface area contributed by atoms with Gasteiger partial charge in [0.15, 0.2) is 0 Å². The lowest BCUT2D eigenvalue weighted by Crippen LogP contribution is -1.96. The van der Waals surface area contributed by atoms with Gasteiger partial charge in [-0.2, -0.15) is 0 Å². The fraction of sp³-hybridized carbons (Fsp3) is 0.222. The Labute approximate surface area is 129 Å². The molecule has 0 amide bonds. The maximum absolute atomic E-state index is 13.4. The molecule has 22 heavy (non-hydrogen) atoms. The maximum atomic E-state index is 13.4. The highest BCUT2D eigenvalue weighted by Crippen LogP contribution is 2.19. The van der Waals surface area contributed by atoms with Crippen molar-refractivity contribution in [2.24, 2.45) is 0 Å². The van der Waals surface area contributed by atoms with Crippen LogP contribution in [0.4, 0.5) is 14.5 Å². The molecule has 0 saturated heterocycles. The maximum Gasteiger partial charge on any atom is 0.149 e. The van der Waals surface area contributed by atoms with E-state index in [-0.39, 0.29) is 0 Å². The highest BCUT2D eigenvalue weighted by Gasteiger charge is 2.05. The van der Waals surface area contributed by atoms with Gasteiger partial charge in [-0.05, 0) is 41.8 Å². The lowest BCUT2D eigenvalue weighted by molar-refractivity contribution is 0.309. The molecule has 0 spiro atoms. The SMILES string of the molecule is CCCCOc1ccc(/C=C/c2cc(F)c(N)c(F)c2)cc1. The van der Waals surface area contributed by atoms with Crippen molar-refractivity contribution in [3.63, 3.8) is 0 Å². The van der Waals surface area contributed by atoms with Crippen molar-refractivity contribution in [1.82, 2.24) is 0 Å². The van der Waals surface area contributed by atoms with E-state index in [4.69, 9.17) is 10.5 Å².